The van der Waals surface area contributed by atoms with E-state index in [4.69, 9.17) is 4.74 Å². The lowest BCUT2D eigenvalue weighted by Crippen LogP contribution is -1.96. The standard InChI is InChI=1S/C22H28N2O3/c1-2-3-4-5-6-7-8-17-27-22-15-11-20(12-16-22)23-18-19-9-13-21(14-10-19)24(25)26/h9-16,18H,2-8,17H2,1H3. The second-order valence-corrected chi connectivity index (χ2v) is 6.57. The molecule has 0 unspecified atom stereocenters. The summed E-state index contributed by atoms with van der Waals surface area (Å²) in [5.74, 6) is 0.857. The van der Waals surface area contributed by atoms with E-state index in [0.717, 1.165) is 30.0 Å². The van der Waals surface area contributed by atoms with Gasteiger partial charge in [0.15, 0.2) is 0 Å². The highest BCUT2D eigenvalue weighted by Gasteiger charge is 2.02. The first-order chi connectivity index (χ1) is 13.2. The zero-order chi connectivity index (χ0) is 19.3. The van der Waals surface area contributed by atoms with Crippen LogP contribution in [-0.4, -0.2) is 17.7 Å². The van der Waals surface area contributed by atoms with Crippen molar-refractivity contribution in [2.75, 3.05) is 6.61 Å². The molecule has 0 aromatic heterocycles. The fourth-order valence-electron chi connectivity index (χ4n) is 2.71. The van der Waals surface area contributed by atoms with Gasteiger partial charge in [-0.05, 0) is 48.4 Å². The lowest BCUT2D eigenvalue weighted by molar-refractivity contribution is -0.384. The molecule has 5 nitrogen and oxygen atoms in total. The van der Waals surface area contributed by atoms with E-state index < -0.39 is 4.92 Å². The van der Waals surface area contributed by atoms with Crippen LogP contribution < -0.4 is 4.74 Å². The van der Waals surface area contributed by atoms with Crippen LogP contribution in [0.15, 0.2) is 53.5 Å². The number of nitro benzene ring substituents is 1. The Kier molecular flexibility index (Phi) is 9.04. The molecule has 0 fully saturated rings. The van der Waals surface area contributed by atoms with Crippen LogP contribution in [0.25, 0.3) is 0 Å². The Balaban J connectivity index is 1.70. The predicted molar refractivity (Wildman–Crippen MR) is 110 cm³/mol. The second-order valence-electron chi connectivity index (χ2n) is 6.57. The second kappa shape index (κ2) is 11.8. The Morgan fingerprint density at radius 1 is 0.926 bits per heavy atom. The molecule has 0 saturated heterocycles. The number of rotatable bonds is 12. The largest absolute Gasteiger partial charge is 0.494 e. The molecular weight excluding hydrogens is 340 g/mol. The highest BCUT2D eigenvalue weighted by molar-refractivity contribution is 5.82. The van der Waals surface area contributed by atoms with Gasteiger partial charge in [-0.25, -0.2) is 0 Å². The molecule has 0 radical (unpaired) electrons. The fraction of sp³-hybridized carbons (Fsp3) is 0.409. The highest BCUT2D eigenvalue weighted by atomic mass is 16.6. The van der Waals surface area contributed by atoms with Gasteiger partial charge in [0.05, 0.1) is 17.2 Å². The van der Waals surface area contributed by atoms with E-state index in [2.05, 4.69) is 11.9 Å². The van der Waals surface area contributed by atoms with Crippen LogP contribution in [0.3, 0.4) is 0 Å². The van der Waals surface area contributed by atoms with Crippen LogP contribution in [0.2, 0.25) is 0 Å². The molecule has 2 aromatic rings. The predicted octanol–water partition coefficient (Wildman–Crippen LogP) is 6.47. The van der Waals surface area contributed by atoms with Crippen molar-refractivity contribution in [3.05, 3.63) is 64.2 Å². The molecular formula is C22H28N2O3. The van der Waals surface area contributed by atoms with Gasteiger partial charge in [0.2, 0.25) is 0 Å². The van der Waals surface area contributed by atoms with Gasteiger partial charge in [-0.2, -0.15) is 0 Å². The van der Waals surface area contributed by atoms with E-state index in [1.165, 1.54) is 50.7 Å². The van der Waals surface area contributed by atoms with Gasteiger partial charge >= 0.3 is 0 Å². The molecule has 2 aromatic carbocycles. The van der Waals surface area contributed by atoms with Crippen LogP contribution in [0.4, 0.5) is 11.4 Å². The normalized spacial score (nSPS) is 11.0. The van der Waals surface area contributed by atoms with Gasteiger partial charge in [-0.3, -0.25) is 15.1 Å². The van der Waals surface area contributed by atoms with Crippen LogP contribution in [0.1, 0.15) is 57.4 Å². The summed E-state index contributed by atoms with van der Waals surface area (Å²) in [5.41, 5.74) is 1.71. The Hall–Kier alpha value is -2.69. The summed E-state index contributed by atoms with van der Waals surface area (Å²) >= 11 is 0. The summed E-state index contributed by atoms with van der Waals surface area (Å²) in [6, 6.07) is 14.0. The van der Waals surface area contributed by atoms with E-state index in [0.29, 0.717) is 0 Å². The number of nitro groups is 1. The molecule has 0 bridgehead atoms. The van der Waals surface area contributed by atoms with Gasteiger partial charge in [0.25, 0.3) is 5.69 Å². The molecule has 0 aliphatic carbocycles. The molecule has 144 valence electrons. The number of hydrogen-bond acceptors (Lipinski definition) is 4. The van der Waals surface area contributed by atoms with Crippen molar-refractivity contribution in [1.29, 1.82) is 0 Å². The number of hydrogen-bond donors (Lipinski definition) is 0. The smallest absolute Gasteiger partial charge is 0.269 e. The minimum Gasteiger partial charge on any atom is -0.494 e. The quantitative estimate of drug-likeness (QED) is 0.186. The Morgan fingerprint density at radius 3 is 2.19 bits per heavy atom. The zero-order valence-electron chi connectivity index (χ0n) is 16.0. The third-order valence-electron chi connectivity index (χ3n) is 4.32. The van der Waals surface area contributed by atoms with Crippen molar-refractivity contribution in [3.63, 3.8) is 0 Å². The average molecular weight is 368 g/mol. The van der Waals surface area contributed by atoms with Crippen molar-refractivity contribution in [2.24, 2.45) is 4.99 Å². The Bertz CT molecular complexity index is 709. The topological polar surface area (TPSA) is 64.7 Å². The number of benzene rings is 2. The summed E-state index contributed by atoms with van der Waals surface area (Å²) in [5, 5.41) is 10.6. The SMILES string of the molecule is CCCCCCCCCOc1ccc(N=Cc2ccc([N+](=O)[O-])cc2)cc1. The molecule has 0 aliphatic heterocycles. The fourth-order valence-corrected chi connectivity index (χ4v) is 2.71. The lowest BCUT2D eigenvalue weighted by Gasteiger charge is -2.06. The first kappa shape index (κ1) is 20.6. The number of unbranched alkanes of at least 4 members (excludes halogenated alkanes) is 6. The van der Waals surface area contributed by atoms with E-state index in [9.17, 15) is 10.1 Å². The minimum atomic E-state index is -0.411. The minimum absolute atomic E-state index is 0.0783. The maximum Gasteiger partial charge on any atom is 0.269 e. The maximum absolute atomic E-state index is 10.6. The van der Waals surface area contributed by atoms with E-state index in [-0.39, 0.29) is 5.69 Å². The van der Waals surface area contributed by atoms with Gasteiger partial charge < -0.3 is 4.74 Å². The van der Waals surface area contributed by atoms with Crippen molar-refractivity contribution in [1.82, 2.24) is 0 Å². The Labute approximate surface area is 161 Å². The summed E-state index contributed by atoms with van der Waals surface area (Å²) in [6.45, 7) is 2.99. The molecule has 5 heteroatoms. The molecule has 0 amide bonds. The third-order valence-corrected chi connectivity index (χ3v) is 4.32. The number of nitrogens with zero attached hydrogens (tertiary/aromatic N) is 2. The summed E-state index contributed by atoms with van der Waals surface area (Å²) in [6.07, 6.45) is 10.6. The van der Waals surface area contributed by atoms with Crippen LogP contribution in [0.5, 0.6) is 5.75 Å². The zero-order valence-corrected chi connectivity index (χ0v) is 16.0. The van der Waals surface area contributed by atoms with E-state index >= 15 is 0 Å². The van der Waals surface area contributed by atoms with Crippen molar-refractivity contribution in [3.8, 4) is 5.75 Å². The molecule has 2 rings (SSSR count). The van der Waals surface area contributed by atoms with Crippen LogP contribution in [-0.2, 0) is 0 Å². The molecule has 0 N–H and O–H groups in total. The van der Waals surface area contributed by atoms with Crippen LogP contribution >= 0.6 is 0 Å². The van der Waals surface area contributed by atoms with Gasteiger partial charge in [0.1, 0.15) is 5.75 Å². The monoisotopic (exact) mass is 368 g/mol. The lowest BCUT2D eigenvalue weighted by atomic mass is 10.1. The van der Waals surface area contributed by atoms with Gasteiger partial charge in [0, 0.05) is 18.3 Å². The number of non-ortho nitro benzene ring substituents is 1. The molecule has 0 spiro atoms. The number of ether oxygens (including phenoxy) is 1. The molecule has 27 heavy (non-hydrogen) atoms. The van der Waals surface area contributed by atoms with Crippen molar-refractivity contribution < 1.29 is 9.66 Å². The molecule has 0 atom stereocenters. The summed E-state index contributed by atoms with van der Waals surface area (Å²) in [4.78, 5) is 14.6. The van der Waals surface area contributed by atoms with E-state index in [1.807, 2.05) is 24.3 Å². The van der Waals surface area contributed by atoms with Gasteiger partial charge in [-0.15, -0.1) is 0 Å². The van der Waals surface area contributed by atoms with E-state index in [1.54, 1.807) is 18.3 Å². The summed E-state index contributed by atoms with van der Waals surface area (Å²) in [7, 11) is 0. The molecule has 0 saturated carbocycles. The molecule has 0 aliphatic rings. The third kappa shape index (κ3) is 8.03. The highest BCUT2D eigenvalue weighted by Crippen LogP contribution is 2.19. The molecule has 0 heterocycles. The first-order valence-corrected chi connectivity index (χ1v) is 9.70. The maximum atomic E-state index is 10.6. The number of aliphatic imine (C=N–C) groups is 1. The summed E-state index contributed by atoms with van der Waals surface area (Å²) < 4.78 is 5.77. The van der Waals surface area contributed by atoms with Gasteiger partial charge in [-0.1, -0.05) is 45.4 Å². The van der Waals surface area contributed by atoms with Crippen molar-refractivity contribution in [2.45, 2.75) is 51.9 Å². The Morgan fingerprint density at radius 2 is 1.56 bits per heavy atom. The van der Waals surface area contributed by atoms with Crippen LogP contribution in [0, 0.1) is 10.1 Å². The first-order valence-electron chi connectivity index (χ1n) is 9.70. The van der Waals surface area contributed by atoms with Crippen molar-refractivity contribution >= 4 is 17.6 Å². The average Bonchev–Trinajstić information content (AvgIpc) is 2.69.